The predicted molar refractivity (Wildman–Crippen MR) is 91.4 cm³/mol. The van der Waals surface area contributed by atoms with E-state index in [1.54, 1.807) is 0 Å². The molecule has 4 rings (SSSR count). The number of benzene rings is 2. The highest BCUT2D eigenvalue weighted by Crippen LogP contribution is 2.24. The fourth-order valence-electron chi connectivity index (χ4n) is 2.68. The molecule has 0 fully saturated rings. The number of nitrogens with one attached hydrogen (secondary N) is 2. The van der Waals surface area contributed by atoms with Crippen molar-refractivity contribution in [2.24, 2.45) is 10.7 Å². The van der Waals surface area contributed by atoms with Crippen LogP contribution in [0.4, 0.5) is 11.5 Å². The molecular formula is C18H17N5. The topological polar surface area (TPSA) is 67.4 Å². The maximum Gasteiger partial charge on any atom is 0.204 e. The van der Waals surface area contributed by atoms with Crippen molar-refractivity contribution >= 4 is 11.5 Å². The highest BCUT2D eigenvalue weighted by Gasteiger charge is 2.33. The number of aromatic nitrogens is 1. The van der Waals surface area contributed by atoms with E-state index in [-0.39, 0.29) is 0 Å². The molecule has 0 aliphatic carbocycles. The van der Waals surface area contributed by atoms with Crippen molar-refractivity contribution < 1.29 is 0 Å². The summed E-state index contributed by atoms with van der Waals surface area (Å²) in [5, 5.41) is 3.32. The van der Waals surface area contributed by atoms with Crippen molar-refractivity contribution in [2.75, 3.05) is 10.7 Å². The average molecular weight is 303 g/mol. The van der Waals surface area contributed by atoms with E-state index >= 15 is 0 Å². The molecule has 1 aliphatic heterocycles. The van der Waals surface area contributed by atoms with Crippen molar-refractivity contribution in [3.63, 3.8) is 0 Å². The van der Waals surface area contributed by atoms with E-state index in [1.165, 1.54) is 0 Å². The summed E-state index contributed by atoms with van der Waals surface area (Å²) in [6.07, 6.45) is 0. The zero-order chi connectivity index (χ0) is 15.7. The van der Waals surface area contributed by atoms with Crippen LogP contribution in [0, 0.1) is 0 Å². The third-order valence-electron chi connectivity index (χ3n) is 3.81. The predicted octanol–water partition coefficient (Wildman–Crippen LogP) is 2.46. The molecule has 0 saturated heterocycles. The number of fused-ring (bicyclic) bond motifs is 1. The Balaban J connectivity index is 1.78. The second kappa shape index (κ2) is 5.30. The number of hydrogen-bond donors (Lipinski definition) is 3. The highest BCUT2D eigenvalue weighted by atomic mass is 15.6. The Labute approximate surface area is 134 Å². The molecule has 23 heavy (non-hydrogen) atoms. The molecule has 0 spiro atoms. The maximum atomic E-state index is 6.51. The van der Waals surface area contributed by atoms with Crippen molar-refractivity contribution in [3.8, 4) is 0 Å². The largest absolute Gasteiger partial charge is 0.330 e. The zero-order valence-electron chi connectivity index (χ0n) is 12.5. The average Bonchev–Trinajstić information content (AvgIpc) is 2.96. The van der Waals surface area contributed by atoms with Gasteiger partial charge in [0.2, 0.25) is 5.79 Å². The summed E-state index contributed by atoms with van der Waals surface area (Å²) in [6.45, 7) is 0. The number of nitrogens with two attached hydrogens (primary N) is 1. The molecule has 4 N–H and O–H groups in total. The van der Waals surface area contributed by atoms with E-state index in [1.807, 2.05) is 83.5 Å². The monoisotopic (exact) mass is 303 g/mol. The van der Waals surface area contributed by atoms with Crippen LogP contribution in [0.1, 0.15) is 5.56 Å². The summed E-state index contributed by atoms with van der Waals surface area (Å²) in [7, 11) is 0. The molecular weight excluding hydrogens is 286 g/mol. The molecule has 2 heterocycles. The van der Waals surface area contributed by atoms with Gasteiger partial charge in [0.1, 0.15) is 5.82 Å². The Kier molecular flexibility index (Phi) is 3.13. The van der Waals surface area contributed by atoms with Crippen molar-refractivity contribution in [1.29, 1.82) is 0 Å². The Morgan fingerprint density at radius 2 is 1.52 bits per heavy atom. The van der Waals surface area contributed by atoms with E-state index < -0.39 is 5.79 Å². The van der Waals surface area contributed by atoms with Crippen LogP contribution in [0.15, 0.2) is 83.9 Å². The van der Waals surface area contributed by atoms with Gasteiger partial charge in [-0.05, 0) is 24.3 Å². The SMILES string of the molecule is NC1(c2ccccc2)Nc2cccc(=Nc3ccccc3)n2N1. The minimum absolute atomic E-state index is 0.782. The molecule has 0 radical (unpaired) electrons. The molecule has 2 aromatic carbocycles. The second-order valence-corrected chi connectivity index (χ2v) is 5.46. The van der Waals surface area contributed by atoms with Gasteiger partial charge in [0.05, 0.1) is 5.69 Å². The summed E-state index contributed by atoms with van der Waals surface area (Å²) in [5.74, 6) is 0.00450. The van der Waals surface area contributed by atoms with Crippen LogP contribution in [0.3, 0.4) is 0 Å². The van der Waals surface area contributed by atoms with Crippen LogP contribution in [0.25, 0.3) is 0 Å². The van der Waals surface area contributed by atoms with Gasteiger partial charge in [0, 0.05) is 5.56 Å². The summed E-state index contributed by atoms with van der Waals surface area (Å²) < 4.78 is 1.88. The van der Waals surface area contributed by atoms with E-state index in [2.05, 4.69) is 15.7 Å². The highest BCUT2D eigenvalue weighted by molar-refractivity contribution is 5.49. The first-order chi connectivity index (χ1) is 11.2. The molecule has 5 heteroatoms. The number of nitrogens with zero attached hydrogens (tertiary/aromatic N) is 2. The lowest BCUT2D eigenvalue weighted by molar-refractivity contribution is 0.564. The molecule has 114 valence electrons. The Morgan fingerprint density at radius 1 is 0.826 bits per heavy atom. The first kappa shape index (κ1) is 13.6. The molecule has 1 aliphatic rings. The molecule has 5 nitrogen and oxygen atoms in total. The number of pyridine rings is 1. The van der Waals surface area contributed by atoms with Gasteiger partial charge in [-0.3, -0.25) is 11.2 Å². The Hall–Kier alpha value is -3.05. The minimum Gasteiger partial charge on any atom is -0.330 e. The van der Waals surface area contributed by atoms with Crippen LogP contribution < -0.4 is 22.0 Å². The van der Waals surface area contributed by atoms with Gasteiger partial charge in [-0.25, -0.2) is 9.67 Å². The van der Waals surface area contributed by atoms with Gasteiger partial charge in [0.15, 0.2) is 5.49 Å². The van der Waals surface area contributed by atoms with E-state index in [4.69, 9.17) is 5.73 Å². The van der Waals surface area contributed by atoms with Crippen LogP contribution in [0.2, 0.25) is 0 Å². The van der Waals surface area contributed by atoms with E-state index in [0.717, 1.165) is 22.6 Å². The third kappa shape index (κ3) is 2.47. The van der Waals surface area contributed by atoms with Crippen molar-refractivity contribution in [2.45, 2.75) is 5.79 Å². The molecule has 1 aromatic heterocycles. The summed E-state index contributed by atoms with van der Waals surface area (Å²) in [5.41, 5.74) is 12.4. The minimum atomic E-state index is -0.865. The van der Waals surface area contributed by atoms with Gasteiger partial charge in [-0.2, -0.15) is 0 Å². The quantitative estimate of drug-likeness (QED) is 0.681. The molecule has 0 bridgehead atoms. The van der Waals surface area contributed by atoms with Gasteiger partial charge in [-0.15, -0.1) is 0 Å². The fraction of sp³-hybridized carbons (Fsp3) is 0.0556. The van der Waals surface area contributed by atoms with Crippen molar-refractivity contribution in [1.82, 2.24) is 4.68 Å². The first-order valence-corrected chi connectivity index (χ1v) is 7.47. The lowest BCUT2D eigenvalue weighted by atomic mass is 10.1. The normalized spacial score (nSPS) is 19.8. The molecule has 0 amide bonds. The van der Waals surface area contributed by atoms with Gasteiger partial charge in [0.25, 0.3) is 0 Å². The second-order valence-electron chi connectivity index (χ2n) is 5.46. The summed E-state index contributed by atoms with van der Waals surface area (Å²) in [4.78, 5) is 4.68. The van der Waals surface area contributed by atoms with E-state index in [0.29, 0.717) is 0 Å². The number of anilines is 1. The van der Waals surface area contributed by atoms with Gasteiger partial charge < -0.3 is 5.32 Å². The molecule has 1 unspecified atom stereocenters. The fourth-order valence-corrected chi connectivity index (χ4v) is 2.68. The van der Waals surface area contributed by atoms with Gasteiger partial charge in [-0.1, -0.05) is 54.6 Å². The third-order valence-corrected chi connectivity index (χ3v) is 3.81. The smallest absolute Gasteiger partial charge is 0.204 e. The van der Waals surface area contributed by atoms with Crippen LogP contribution >= 0.6 is 0 Å². The molecule has 0 saturated carbocycles. The lowest BCUT2D eigenvalue weighted by Crippen LogP contribution is -2.50. The van der Waals surface area contributed by atoms with Crippen LogP contribution in [-0.2, 0) is 5.79 Å². The molecule has 1 atom stereocenters. The summed E-state index contributed by atoms with van der Waals surface area (Å²) >= 11 is 0. The number of rotatable bonds is 2. The van der Waals surface area contributed by atoms with Crippen molar-refractivity contribution in [3.05, 3.63) is 89.9 Å². The first-order valence-electron chi connectivity index (χ1n) is 7.47. The Morgan fingerprint density at radius 3 is 2.26 bits per heavy atom. The number of para-hydroxylation sites is 1. The van der Waals surface area contributed by atoms with Crippen LogP contribution in [0.5, 0.6) is 0 Å². The Bertz CT molecular complexity index is 886. The number of hydrogen-bond acceptors (Lipinski definition) is 4. The standard InChI is InChI=1S/C18H17N5/c19-18(14-8-3-1-4-9-14)21-17-13-7-12-16(23(17)22-18)20-15-10-5-2-6-11-15/h1-13,21-22H,19H2. The lowest BCUT2D eigenvalue weighted by Gasteiger charge is -2.25. The van der Waals surface area contributed by atoms with Crippen LogP contribution in [-0.4, -0.2) is 4.68 Å². The van der Waals surface area contributed by atoms with E-state index in [9.17, 15) is 0 Å². The van der Waals surface area contributed by atoms with Gasteiger partial charge >= 0.3 is 0 Å². The zero-order valence-corrected chi connectivity index (χ0v) is 12.5. The summed E-state index contributed by atoms with van der Waals surface area (Å²) in [6, 6.07) is 25.6. The maximum absolute atomic E-state index is 6.51. The molecule has 3 aromatic rings.